The fourth-order valence-electron chi connectivity index (χ4n) is 2.52. The molecule has 0 saturated heterocycles. The number of rotatable bonds is 9. The first kappa shape index (κ1) is 21.6. The number of nitrogens with one attached hydrogen (secondary N) is 1. The van der Waals surface area contributed by atoms with Crippen molar-refractivity contribution in [2.24, 2.45) is 5.10 Å². The lowest BCUT2D eigenvalue weighted by Gasteiger charge is -2.10. The molecule has 0 heterocycles. The third-order valence-electron chi connectivity index (χ3n) is 4.09. The molecule has 0 aliphatic heterocycles. The van der Waals surface area contributed by atoms with Gasteiger partial charge in [0.25, 0.3) is 0 Å². The Morgan fingerprint density at radius 3 is 2.46 bits per heavy atom. The van der Waals surface area contributed by atoms with Crippen molar-refractivity contribution in [2.45, 2.75) is 26.7 Å². The van der Waals surface area contributed by atoms with Crippen molar-refractivity contribution in [1.82, 2.24) is 5.43 Å². The third-order valence-corrected chi connectivity index (χ3v) is 4.33. The van der Waals surface area contributed by atoms with Crippen molar-refractivity contribution in [3.05, 3.63) is 52.5 Å². The maximum Gasteiger partial charge on any atom is 0.240 e. The molecule has 150 valence electrons. The molecule has 0 spiro atoms. The van der Waals surface area contributed by atoms with E-state index < -0.39 is 0 Å². The van der Waals surface area contributed by atoms with Crippen LogP contribution in [-0.4, -0.2) is 32.4 Å². The van der Waals surface area contributed by atoms with E-state index in [0.29, 0.717) is 41.7 Å². The lowest BCUT2D eigenvalue weighted by atomic mass is 10.1. The second-order valence-electron chi connectivity index (χ2n) is 6.16. The molecule has 0 radical (unpaired) electrons. The van der Waals surface area contributed by atoms with E-state index in [2.05, 4.69) is 10.5 Å². The molecule has 0 aliphatic carbocycles. The molecule has 1 N–H and O–H groups in total. The van der Waals surface area contributed by atoms with Crippen molar-refractivity contribution in [2.75, 3.05) is 20.8 Å². The Bertz CT molecular complexity index is 852. The zero-order valence-electron chi connectivity index (χ0n) is 16.5. The second-order valence-corrected chi connectivity index (χ2v) is 6.60. The van der Waals surface area contributed by atoms with E-state index >= 15 is 0 Å². The SMILES string of the molecule is COc1ccc(C(C)=NNC(=O)CCCOc2ccc(Cl)cc2C)cc1OC. The predicted molar refractivity (Wildman–Crippen MR) is 111 cm³/mol. The summed E-state index contributed by atoms with van der Waals surface area (Å²) in [7, 11) is 3.15. The minimum Gasteiger partial charge on any atom is -0.493 e. The normalized spacial score (nSPS) is 11.1. The number of hydrogen-bond acceptors (Lipinski definition) is 5. The Labute approximate surface area is 170 Å². The molecular weight excluding hydrogens is 380 g/mol. The maximum atomic E-state index is 12.0. The number of nitrogens with zero attached hydrogens (tertiary/aromatic N) is 1. The van der Waals surface area contributed by atoms with E-state index in [1.807, 2.05) is 38.1 Å². The molecule has 0 unspecified atom stereocenters. The average Bonchev–Trinajstić information content (AvgIpc) is 2.70. The standard InChI is InChI=1S/C21H25ClN2O4/c1-14-12-17(22)8-10-18(14)28-11-5-6-21(25)24-23-15(2)16-7-9-19(26-3)20(13-16)27-4/h7-10,12-13H,5-6,11H2,1-4H3,(H,24,25). The van der Waals surface area contributed by atoms with Crippen LogP contribution in [0.5, 0.6) is 17.2 Å². The highest BCUT2D eigenvalue weighted by molar-refractivity contribution is 6.30. The number of benzene rings is 2. The summed E-state index contributed by atoms with van der Waals surface area (Å²) in [5.41, 5.74) is 5.04. The van der Waals surface area contributed by atoms with Crippen LogP contribution >= 0.6 is 11.6 Å². The molecule has 7 heteroatoms. The molecule has 28 heavy (non-hydrogen) atoms. The molecule has 0 aliphatic rings. The molecule has 0 fully saturated rings. The zero-order chi connectivity index (χ0) is 20.5. The number of carbonyl (C=O) groups excluding carboxylic acids is 1. The molecule has 2 aromatic rings. The van der Waals surface area contributed by atoms with Crippen LogP contribution in [0.15, 0.2) is 41.5 Å². The summed E-state index contributed by atoms with van der Waals surface area (Å²) < 4.78 is 16.2. The molecule has 0 atom stereocenters. The van der Waals surface area contributed by atoms with Gasteiger partial charge in [-0.15, -0.1) is 0 Å². The van der Waals surface area contributed by atoms with Gasteiger partial charge >= 0.3 is 0 Å². The first-order chi connectivity index (χ1) is 13.4. The molecule has 2 rings (SSSR count). The van der Waals surface area contributed by atoms with Crippen LogP contribution in [0.1, 0.15) is 30.9 Å². The summed E-state index contributed by atoms with van der Waals surface area (Å²) in [6.45, 7) is 4.18. The molecule has 2 aromatic carbocycles. The van der Waals surface area contributed by atoms with Gasteiger partial charge in [-0.3, -0.25) is 4.79 Å². The Morgan fingerprint density at radius 2 is 1.79 bits per heavy atom. The first-order valence-electron chi connectivity index (χ1n) is 8.89. The van der Waals surface area contributed by atoms with E-state index in [1.54, 1.807) is 26.4 Å². The summed E-state index contributed by atoms with van der Waals surface area (Å²) in [4.78, 5) is 12.0. The van der Waals surface area contributed by atoms with Gasteiger partial charge in [-0.2, -0.15) is 5.10 Å². The summed E-state index contributed by atoms with van der Waals surface area (Å²) in [5, 5.41) is 4.82. The lowest BCUT2D eigenvalue weighted by Crippen LogP contribution is -2.19. The zero-order valence-corrected chi connectivity index (χ0v) is 17.3. The van der Waals surface area contributed by atoms with E-state index in [0.717, 1.165) is 16.9 Å². The van der Waals surface area contributed by atoms with Crippen molar-refractivity contribution >= 4 is 23.2 Å². The van der Waals surface area contributed by atoms with Gasteiger partial charge in [-0.05, 0) is 62.2 Å². The average molecular weight is 405 g/mol. The minimum atomic E-state index is -0.170. The number of amides is 1. The maximum absolute atomic E-state index is 12.0. The van der Waals surface area contributed by atoms with Gasteiger partial charge in [0.2, 0.25) is 5.91 Å². The number of methoxy groups -OCH3 is 2. The van der Waals surface area contributed by atoms with Crippen LogP contribution in [0.3, 0.4) is 0 Å². The van der Waals surface area contributed by atoms with E-state index in [9.17, 15) is 4.79 Å². The summed E-state index contributed by atoms with van der Waals surface area (Å²) in [6.07, 6.45) is 0.897. The van der Waals surface area contributed by atoms with Crippen molar-refractivity contribution < 1.29 is 19.0 Å². The summed E-state index contributed by atoms with van der Waals surface area (Å²) in [5.74, 6) is 1.85. The topological polar surface area (TPSA) is 69.2 Å². The van der Waals surface area contributed by atoms with Gasteiger partial charge in [0, 0.05) is 17.0 Å². The van der Waals surface area contributed by atoms with Crippen LogP contribution < -0.4 is 19.6 Å². The second kappa shape index (κ2) is 10.6. The highest BCUT2D eigenvalue weighted by Crippen LogP contribution is 2.27. The molecule has 0 saturated carbocycles. The highest BCUT2D eigenvalue weighted by Gasteiger charge is 2.07. The van der Waals surface area contributed by atoms with Crippen LogP contribution in [0.2, 0.25) is 5.02 Å². The van der Waals surface area contributed by atoms with Gasteiger partial charge in [0.15, 0.2) is 11.5 Å². The van der Waals surface area contributed by atoms with Gasteiger partial charge in [-0.25, -0.2) is 5.43 Å². The van der Waals surface area contributed by atoms with Crippen molar-refractivity contribution in [3.8, 4) is 17.2 Å². The van der Waals surface area contributed by atoms with Crippen molar-refractivity contribution in [3.63, 3.8) is 0 Å². The van der Waals surface area contributed by atoms with Crippen LogP contribution in [0.4, 0.5) is 0 Å². The van der Waals surface area contributed by atoms with Gasteiger partial charge < -0.3 is 14.2 Å². The van der Waals surface area contributed by atoms with E-state index in [-0.39, 0.29) is 5.91 Å². The van der Waals surface area contributed by atoms with Crippen LogP contribution in [-0.2, 0) is 4.79 Å². The highest BCUT2D eigenvalue weighted by atomic mass is 35.5. The fourth-order valence-corrected chi connectivity index (χ4v) is 2.74. The third kappa shape index (κ3) is 6.16. The Kier molecular flexibility index (Phi) is 8.14. The number of ether oxygens (including phenoxy) is 3. The molecule has 1 amide bonds. The number of aryl methyl sites for hydroxylation is 1. The predicted octanol–water partition coefficient (Wildman–Crippen LogP) is 4.37. The van der Waals surface area contributed by atoms with Crippen LogP contribution in [0, 0.1) is 6.92 Å². The number of carbonyl (C=O) groups is 1. The van der Waals surface area contributed by atoms with E-state index in [4.69, 9.17) is 25.8 Å². The molecule has 0 aromatic heterocycles. The molecule has 0 bridgehead atoms. The monoisotopic (exact) mass is 404 g/mol. The van der Waals surface area contributed by atoms with Gasteiger partial charge in [-0.1, -0.05) is 11.6 Å². The lowest BCUT2D eigenvalue weighted by molar-refractivity contribution is -0.121. The van der Waals surface area contributed by atoms with Crippen molar-refractivity contribution in [1.29, 1.82) is 0 Å². The Balaban J connectivity index is 1.81. The van der Waals surface area contributed by atoms with E-state index in [1.165, 1.54) is 0 Å². The Hall–Kier alpha value is -2.73. The Morgan fingerprint density at radius 1 is 1.07 bits per heavy atom. The smallest absolute Gasteiger partial charge is 0.240 e. The summed E-state index contributed by atoms with van der Waals surface area (Å²) in [6, 6.07) is 10.9. The number of hydrazone groups is 1. The molecular formula is C21H25ClN2O4. The largest absolute Gasteiger partial charge is 0.493 e. The van der Waals surface area contributed by atoms with Gasteiger partial charge in [0.05, 0.1) is 26.5 Å². The number of hydrogen-bond donors (Lipinski definition) is 1. The van der Waals surface area contributed by atoms with Gasteiger partial charge in [0.1, 0.15) is 5.75 Å². The first-order valence-corrected chi connectivity index (χ1v) is 9.27. The molecule has 6 nitrogen and oxygen atoms in total. The quantitative estimate of drug-likeness (QED) is 0.383. The van der Waals surface area contributed by atoms with Crippen LogP contribution in [0.25, 0.3) is 0 Å². The summed E-state index contributed by atoms with van der Waals surface area (Å²) >= 11 is 5.92. The number of halogens is 1. The minimum absolute atomic E-state index is 0.170. The fraction of sp³-hybridized carbons (Fsp3) is 0.333.